The first kappa shape index (κ1) is 13.8. The van der Waals surface area contributed by atoms with Gasteiger partial charge in [-0.15, -0.1) is 0 Å². The number of benzene rings is 1. The highest BCUT2D eigenvalue weighted by molar-refractivity contribution is 7.07. The number of fused-ring (bicyclic) bond motifs is 1. The molecule has 0 radical (unpaired) electrons. The lowest BCUT2D eigenvalue weighted by atomic mass is 9.89. The predicted octanol–water partition coefficient (Wildman–Crippen LogP) is 5.04. The van der Waals surface area contributed by atoms with Crippen LogP contribution in [0.2, 0.25) is 0 Å². The molecule has 1 aromatic carbocycles. The van der Waals surface area contributed by atoms with Gasteiger partial charge in [0.2, 0.25) is 0 Å². The maximum Gasteiger partial charge on any atom is 0.0305 e. The van der Waals surface area contributed by atoms with Crippen molar-refractivity contribution in [3.05, 3.63) is 57.3 Å². The van der Waals surface area contributed by atoms with Gasteiger partial charge >= 0.3 is 0 Å². The number of rotatable bonds is 4. The first-order valence-electron chi connectivity index (χ1n) is 7.64. The highest BCUT2D eigenvalue weighted by atomic mass is 32.1. The van der Waals surface area contributed by atoms with Crippen molar-refractivity contribution < 1.29 is 0 Å². The molecule has 1 nitrogen and oxygen atoms in total. The van der Waals surface area contributed by atoms with Gasteiger partial charge in [-0.2, -0.15) is 11.3 Å². The van der Waals surface area contributed by atoms with Crippen molar-refractivity contribution in [2.24, 2.45) is 0 Å². The largest absolute Gasteiger partial charge is 0.304 e. The Kier molecular flexibility index (Phi) is 4.23. The Balaban J connectivity index is 1.72. The second kappa shape index (κ2) is 6.11. The zero-order chi connectivity index (χ0) is 13.9. The fourth-order valence-corrected chi connectivity index (χ4v) is 3.87. The van der Waals surface area contributed by atoms with E-state index in [1.165, 1.54) is 36.8 Å². The Hall–Kier alpha value is -1.12. The molecule has 0 spiro atoms. The van der Waals surface area contributed by atoms with Crippen molar-refractivity contribution in [3.8, 4) is 0 Å². The van der Waals surface area contributed by atoms with Gasteiger partial charge in [-0.1, -0.05) is 18.2 Å². The smallest absolute Gasteiger partial charge is 0.0305 e. The topological polar surface area (TPSA) is 12.0 Å². The predicted molar refractivity (Wildman–Crippen MR) is 87.4 cm³/mol. The molecule has 0 aliphatic heterocycles. The van der Waals surface area contributed by atoms with E-state index >= 15 is 0 Å². The summed E-state index contributed by atoms with van der Waals surface area (Å²) in [4.78, 5) is 0. The molecular formula is C18H23NS. The standard InChI is InChI=1S/C18H23NS/c1-13(19-14(2)18-9-10-20-12-18)16-8-7-15-5-3-4-6-17(15)11-16/h7-14,19H,3-6H2,1-2H3. The van der Waals surface area contributed by atoms with Crippen LogP contribution in [-0.4, -0.2) is 0 Å². The number of hydrogen-bond acceptors (Lipinski definition) is 2. The second-order valence-electron chi connectivity index (χ2n) is 5.90. The average molecular weight is 285 g/mol. The Labute approximate surface area is 126 Å². The highest BCUT2D eigenvalue weighted by Crippen LogP contribution is 2.26. The minimum Gasteiger partial charge on any atom is -0.304 e. The lowest BCUT2D eigenvalue weighted by molar-refractivity contribution is 0.495. The summed E-state index contributed by atoms with van der Waals surface area (Å²) in [6, 6.07) is 10.1. The van der Waals surface area contributed by atoms with Crippen molar-refractivity contribution in [1.29, 1.82) is 0 Å². The Morgan fingerprint density at radius 2 is 1.70 bits per heavy atom. The minimum absolute atomic E-state index is 0.400. The third kappa shape index (κ3) is 2.97. The van der Waals surface area contributed by atoms with E-state index in [2.05, 4.69) is 54.2 Å². The molecule has 1 aliphatic rings. The molecule has 106 valence electrons. The summed E-state index contributed by atoms with van der Waals surface area (Å²) in [6.45, 7) is 4.52. The third-order valence-electron chi connectivity index (χ3n) is 4.42. The summed E-state index contributed by atoms with van der Waals surface area (Å²) in [6.07, 6.45) is 5.23. The molecule has 0 saturated heterocycles. The van der Waals surface area contributed by atoms with E-state index in [4.69, 9.17) is 0 Å². The van der Waals surface area contributed by atoms with Crippen LogP contribution in [0.1, 0.15) is 61.0 Å². The van der Waals surface area contributed by atoms with Crippen LogP contribution in [0.3, 0.4) is 0 Å². The van der Waals surface area contributed by atoms with E-state index in [0.29, 0.717) is 12.1 Å². The molecule has 0 saturated carbocycles. The van der Waals surface area contributed by atoms with Crippen LogP contribution in [0.25, 0.3) is 0 Å². The van der Waals surface area contributed by atoms with E-state index in [1.54, 1.807) is 22.5 Å². The van der Waals surface area contributed by atoms with Gasteiger partial charge in [0.05, 0.1) is 0 Å². The summed E-state index contributed by atoms with van der Waals surface area (Å²) >= 11 is 1.77. The van der Waals surface area contributed by atoms with Gasteiger partial charge in [-0.25, -0.2) is 0 Å². The maximum atomic E-state index is 3.71. The molecule has 2 heteroatoms. The van der Waals surface area contributed by atoms with Gasteiger partial charge in [0, 0.05) is 12.1 Å². The van der Waals surface area contributed by atoms with Crippen LogP contribution >= 0.6 is 11.3 Å². The molecule has 0 amide bonds. The van der Waals surface area contributed by atoms with Crippen molar-refractivity contribution in [1.82, 2.24) is 5.32 Å². The first-order valence-corrected chi connectivity index (χ1v) is 8.58. The second-order valence-corrected chi connectivity index (χ2v) is 6.68. The van der Waals surface area contributed by atoms with Gasteiger partial charge in [0.15, 0.2) is 0 Å². The molecular weight excluding hydrogens is 262 g/mol. The van der Waals surface area contributed by atoms with E-state index in [9.17, 15) is 0 Å². The Morgan fingerprint density at radius 1 is 0.950 bits per heavy atom. The van der Waals surface area contributed by atoms with Crippen molar-refractivity contribution in [3.63, 3.8) is 0 Å². The van der Waals surface area contributed by atoms with Gasteiger partial charge in [0.1, 0.15) is 0 Å². The maximum absolute atomic E-state index is 3.71. The van der Waals surface area contributed by atoms with Crippen LogP contribution in [-0.2, 0) is 12.8 Å². The van der Waals surface area contributed by atoms with Crippen LogP contribution < -0.4 is 5.32 Å². The molecule has 20 heavy (non-hydrogen) atoms. The van der Waals surface area contributed by atoms with Gasteiger partial charge in [0.25, 0.3) is 0 Å². The molecule has 1 heterocycles. The van der Waals surface area contributed by atoms with Crippen LogP contribution in [0, 0.1) is 0 Å². The molecule has 2 aromatic rings. The molecule has 0 bridgehead atoms. The van der Waals surface area contributed by atoms with Crippen molar-refractivity contribution >= 4 is 11.3 Å². The van der Waals surface area contributed by atoms with E-state index < -0.39 is 0 Å². The normalized spacial score (nSPS) is 17.5. The first-order chi connectivity index (χ1) is 9.74. The third-order valence-corrected chi connectivity index (χ3v) is 5.12. The molecule has 2 unspecified atom stereocenters. The van der Waals surface area contributed by atoms with Gasteiger partial charge < -0.3 is 5.32 Å². The lowest BCUT2D eigenvalue weighted by Crippen LogP contribution is -2.22. The monoisotopic (exact) mass is 285 g/mol. The molecule has 1 N–H and O–H groups in total. The van der Waals surface area contributed by atoms with Gasteiger partial charge in [-0.3, -0.25) is 0 Å². The Bertz CT molecular complexity index is 559. The zero-order valence-electron chi connectivity index (χ0n) is 12.4. The number of thiophene rings is 1. The minimum atomic E-state index is 0.400. The highest BCUT2D eigenvalue weighted by Gasteiger charge is 2.14. The van der Waals surface area contributed by atoms with Crippen molar-refractivity contribution in [2.75, 3.05) is 0 Å². The van der Waals surface area contributed by atoms with Crippen LogP contribution in [0.5, 0.6) is 0 Å². The summed E-state index contributed by atoms with van der Waals surface area (Å²) in [5.41, 5.74) is 5.95. The van der Waals surface area contributed by atoms with Crippen LogP contribution in [0.4, 0.5) is 0 Å². The van der Waals surface area contributed by atoms with Gasteiger partial charge in [-0.05, 0) is 78.6 Å². The zero-order valence-corrected chi connectivity index (χ0v) is 13.2. The SMILES string of the molecule is CC(NC(C)c1ccc2c(c1)CCCC2)c1ccsc1. The molecule has 2 atom stereocenters. The summed E-state index contributed by atoms with van der Waals surface area (Å²) in [7, 11) is 0. The molecule has 1 aromatic heterocycles. The summed E-state index contributed by atoms with van der Waals surface area (Å²) in [5, 5.41) is 8.10. The fourth-order valence-electron chi connectivity index (χ4n) is 3.11. The molecule has 0 fully saturated rings. The Morgan fingerprint density at radius 3 is 2.45 bits per heavy atom. The lowest BCUT2D eigenvalue weighted by Gasteiger charge is -2.22. The van der Waals surface area contributed by atoms with Crippen LogP contribution in [0.15, 0.2) is 35.0 Å². The van der Waals surface area contributed by atoms with E-state index in [-0.39, 0.29) is 0 Å². The summed E-state index contributed by atoms with van der Waals surface area (Å²) < 4.78 is 0. The number of hydrogen-bond donors (Lipinski definition) is 1. The molecule has 1 aliphatic carbocycles. The van der Waals surface area contributed by atoms with E-state index in [0.717, 1.165) is 0 Å². The molecule has 3 rings (SSSR count). The number of aryl methyl sites for hydroxylation is 2. The fraction of sp³-hybridized carbons (Fsp3) is 0.444. The quantitative estimate of drug-likeness (QED) is 0.830. The van der Waals surface area contributed by atoms with Crippen molar-refractivity contribution in [2.45, 2.75) is 51.6 Å². The average Bonchev–Trinajstić information content (AvgIpc) is 3.01. The summed E-state index contributed by atoms with van der Waals surface area (Å²) in [5.74, 6) is 0. The number of nitrogens with one attached hydrogen (secondary N) is 1. The van der Waals surface area contributed by atoms with E-state index in [1.807, 2.05) is 0 Å².